The van der Waals surface area contributed by atoms with Gasteiger partial charge in [-0.25, -0.2) is 4.79 Å². The molecule has 0 saturated carbocycles. The highest BCUT2D eigenvalue weighted by molar-refractivity contribution is 5.81. The van der Waals surface area contributed by atoms with E-state index in [1.165, 1.54) is 6.08 Å². The minimum Gasteiger partial charge on any atom is -0.462 e. The monoisotopic (exact) mass is 97.0 g/mol. The summed E-state index contributed by atoms with van der Waals surface area (Å²) >= 11 is 0. The van der Waals surface area contributed by atoms with Gasteiger partial charge in [-0.15, -0.1) is 0 Å². The van der Waals surface area contributed by atoms with Gasteiger partial charge in [-0.05, 0) is 6.08 Å². The largest absolute Gasteiger partial charge is 0.462 e. The number of hydrogen-bond acceptors (Lipinski definition) is 2. The van der Waals surface area contributed by atoms with E-state index in [-0.39, 0.29) is 5.97 Å². The van der Waals surface area contributed by atoms with Crippen LogP contribution in [0.5, 0.6) is 0 Å². The molecule has 1 aliphatic heterocycles. The molecule has 0 N–H and O–H groups in total. The Bertz CT molecular complexity index is 105. The Kier molecular flexibility index (Phi) is 1.11. The van der Waals surface area contributed by atoms with E-state index in [2.05, 4.69) is 10.8 Å². The second kappa shape index (κ2) is 1.78. The van der Waals surface area contributed by atoms with Crippen LogP contribution in [0.1, 0.15) is 6.42 Å². The number of esters is 1. The standard InChI is InChI=1S/C5H5O2/c6-5-3-1-2-4-7-5/h3H,2,4H2. The van der Waals surface area contributed by atoms with Gasteiger partial charge in [0.15, 0.2) is 0 Å². The topological polar surface area (TPSA) is 26.3 Å². The lowest BCUT2D eigenvalue weighted by Crippen LogP contribution is -2.05. The summed E-state index contributed by atoms with van der Waals surface area (Å²) in [5.41, 5.74) is 0. The highest BCUT2D eigenvalue weighted by Gasteiger charge is 1.99. The first-order valence-corrected chi connectivity index (χ1v) is 2.13. The summed E-state index contributed by atoms with van der Waals surface area (Å²) < 4.78 is 4.52. The van der Waals surface area contributed by atoms with Crippen molar-refractivity contribution in [3.8, 4) is 0 Å². The summed E-state index contributed by atoms with van der Waals surface area (Å²) in [6.45, 7) is 0.495. The molecule has 1 heterocycles. The van der Waals surface area contributed by atoms with Crippen LogP contribution in [0.4, 0.5) is 0 Å². The molecule has 1 aliphatic rings. The van der Waals surface area contributed by atoms with E-state index in [4.69, 9.17) is 0 Å². The maximum Gasteiger partial charge on any atom is 0.331 e. The molecule has 0 fully saturated rings. The molecule has 0 atom stereocenters. The van der Waals surface area contributed by atoms with Gasteiger partial charge in [-0.2, -0.15) is 0 Å². The summed E-state index contributed by atoms with van der Waals surface area (Å²) in [5.74, 6) is -0.272. The predicted molar refractivity (Wildman–Crippen MR) is 23.4 cm³/mol. The van der Waals surface area contributed by atoms with E-state index in [1.54, 1.807) is 0 Å². The van der Waals surface area contributed by atoms with E-state index < -0.39 is 0 Å². The SMILES string of the molecule is O=C1C=[C]CCO1. The third-order valence-corrected chi connectivity index (χ3v) is 0.711. The molecular weight excluding hydrogens is 92.1 g/mol. The number of hydrogen-bond donors (Lipinski definition) is 0. The molecule has 0 aromatic carbocycles. The third-order valence-electron chi connectivity index (χ3n) is 0.711. The van der Waals surface area contributed by atoms with Crippen LogP contribution in [-0.2, 0) is 9.53 Å². The first-order valence-electron chi connectivity index (χ1n) is 2.13. The lowest BCUT2D eigenvalue weighted by Gasteiger charge is -2.01. The lowest BCUT2D eigenvalue weighted by molar-refractivity contribution is -0.138. The van der Waals surface area contributed by atoms with Crippen molar-refractivity contribution in [3.63, 3.8) is 0 Å². The molecule has 0 aliphatic carbocycles. The van der Waals surface area contributed by atoms with E-state index in [1.807, 2.05) is 0 Å². The first-order chi connectivity index (χ1) is 3.39. The summed E-state index contributed by atoms with van der Waals surface area (Å²) in [7, 11) is 0. The fourth-order valence-corrected chi connectivity index (χ4v) is 0.408. The molecule has 0 amide bonds. The average Bonchev–Trinajstić information content (AvgIpc) is 1.69. The zero-order valence-electron chi connectivity index (χ0n) is 3.81. The van der Waals surface area contributed by atoms with Crippen LogP contribution in [0.2, 0.25) is 0 Å². The van der Waals surface area contributed by atoms with Crippen molar-refractivity contribution >= 4 is 5.97 Å². The fraction of sp³-hybridized carbons (Fsp3) is 0.400. The van der Waals surface area contributed by atoms with Gasteiger partial charge in [0.25, 0.3) is 0 Å². The maximum atomic E-state index is 10.1. The van der Waals surface area contributed by atoms with E-state index in [0.717, 1.165) is 6.42 Å². The van der Waals surface area contributed by atoms with Crippen LogP contribution in [0.25, 0.3) is 0 Å². The Labute approximate surface area is 41.8 Å². The molecule has 37 valence electrons. The Morgan fingerprint density at radius 1 is 1.86 bits per heavy atom. The minimum absolute atomic E-state index is 0.272. The third kappa shape index (κ3) is 1.03. The van der Waals surface area contributed by atoms with Gasteiger partial charge in [0.05, 0.1) is 6.61 Å². The summed E-state index contributed by atoms with van der Waals surface area (Å²) in [4.78, 5) is 10.1. The molecule has 1 radical (unpaired) electrons. The molecule has 1 rings (SSSR count). The molecule has 0 spiro atoms. The van der Waals surface area contributed by atoms with Crippen molar-refractivity contribution in [1.82, 2.24) is 0 Å². The zero-order valence-corrected chi connectivity index (χ0v) is 3.81. The Morgan fingerprint density at radius 3 is 3.00 bits per heavy atom. The smallest absolute Gasteiger partial charge is 0.331 e. The highest BCUT2D eigenvalue weighted by Crippen LogP contribution is 1.92. The summed E-state index contributed by atoms with van der Waals surface area (Å²) in [6, 6.07) is 0. The van der Waals surface area contributed by atoms with Gasteiger partial charge in [0, 0.05) is 12.5 Å². The van der Waals surface area contributed by atoms with Crippen LogP contribution < -0.4 is 0 Å². The number of carbonyl (C=O) groups is 1. The van der Waals surface area contributed by atoms with Crippen molar-refractivity contribution in [1.29, 1.82) is 0 Å². The highest BCUT2D eigenvalue weighted by atomic mass is 16.5. The minimum atomic E-state index is -0.272. The molecule has 0 bridgehead atoms. The van der Waals surface area contributed by atoms with Gasteiger partial charge in [-0.1, -0.05) is 0 Å². The molecular formula is C5H5O2. The first kappa shape index (κ1) is 4.37. The van der Waals surface area contributed by atoms with Crippen molar-refractivity contribution in [2.24, 2.45) is 0 Å². The van der Waals surface area contributed by atoms with Crippen molar-refractivity contribution in [3.05, 3.63) is 12.2 Å². The molecule has 7 heavy (non-hydrogen) atoms. The number of rotatable bonds is 0. The van der Waals surface area contributed by atoms with Gasteiger partial charge < -0.3 is 4.74 Å². The lowest BCUT2D eigenvalue weighted by atomic mass is 10.3. The molecule has 0 unspecified atom stereocenters. The van der Waals surface area contributed by atoms with E-state index in [9.17, 15) is 4.79 Å². The normalized spacial score (nSPS) is 19.1. The maximum absolute atomic E-state index is 10.1. The fourth-order valence-electron chi connectivity index (χ4n) is 0.408. The molecule has 0 aromatic rings. The van der Waals surface area contributed by atoms with Crippen molar-refractivity contribution in [2.75, 3.05) is 6.61 Å². The second-order valence-corrected chi connectivity index (χ2v) is 1.27. The molecule has 0 aromatic heterocycles. The van der Waals surface area contributed by atoms with Crippen molar-refractivity contribution in [2.45, 2.75) is 6.42 Å². The quantitative estimate of drug-likeness (QED) is 0.406. The van der Waals surface area contributed by atoms with E-state index in [0.29, 0.717) is 6.61 Å². The van der Waals surface area contributed by atoms with Crippen LogP contribution in [0.15, 0.2) is 6.08 Å². The van der Waals surface area contributed by atoms with Crippen LogP contribution in [0, 0.1) is 6.08 Å². The van der Waals surface area contributed by atoms with Gasteiger partial charge in [0.2, 0.25) is 0 Å². The number of cyclic esters (lactones) is 1. The van der Waals surface area contributed by atoms with E-state index >= 15 is 0 Å². The Morgan fingerprint density at radius 2 is 2.71 bits per heavy atom. The van der Waals surface area contributed by atoms with Crippen LogP contribution in [-0.4, -0.2) is 12.6 Å². The summed E-state index contributed by atoms with van der Waals surface area (Å²) in [6.07, 6.45) is 4.80. The summed E-state index contributed by atoms with van der Waals surface area (Å²) in [5, 5.41) is 0. The zero-order chi connectivity index (χ0) is 5.11. The molecule has 2 heteroatoms. The van der Waals surface area contributed by atoms with Gasteiger partial charge in [-0.3, -0.25) is 0 Å². The second-order valence-electron chi connectivity index (χ2n) is 1.27. The van der Waals surface area contributed by atoms with Gasteiger partial charge in [0.1, 0.15) is 0 Å². The molecule has 2 nitrogen and oxygen atoms in total. The predicted octanol–water partition coefficient (Wildman–Crippen LogP) is 0.293. The molecule has 0 saturated heterocycles. The van der Waals surface area contributed by atoms with Crippen LogP contribution >= 0.6 is 0 Å². The van der Waals surface area contributed by atoms with Crippen molar-refractivity contribution < 1.29 is 9.53 Å². The number of carbonyl (C=O) groups excluding carboxylic acids is 1. The average molecular weight is 97.1 g/mol. The van der Waals surface area contributed by atoms with Gasteiger partial charge >= 0.3 is 5.97 Å². The Balaban J connectivity index is 2.51. The number of ether oxygens (including phenoxy) is 1. The Hall–Kier alpha value is -0.790. The van der Waals surface area contributed by atoms with Crippen LogP contribution in [0.3, 0.4) is 0 Å².